The molecule has 1 atom stereocenters. The molecule has 0 N–H and O–H groups in total. The first kappa shape index (κ1) is 18.8. The molecule has 2 saturated heterocycles. The molecule has 1 amide bonds. The Morgan fingerprint density at radius 2 is 1.84 bits per heavy atom. The number of benzene rings is 1. The van der Waals surface area contributed by atoms with E-state index in [2.05, 4.69) is 12.1 Å². The van der Waals surface area contributed by atoms with E-state index in [0.29, 0.717) is 23.4 Å². The number of nitrogens with zero attached hydrogens (tertiary/aromatic N) is 1. The average molecular weight is 400 g/mol. The van der Waals surface area contributed by atoms with E-state index in [0.717, 1.165) is 5.75 Å². The summed E-state index contributed by atoms with van der Waals surface area (Å²) in [4.78, 5) is 25.7. The summed E-state index contributed by atoms with van der Waals surface area (Å²) in [6, 6.07) is 7.98. The Kier molecular flexibility index (Phi) is 6.84. The van der Waals surface area contributed by atoms with E-state index in [1.54, 1.807) is 4.90 Å². The van der Waals surface area contributed by atoms with Crippen molar-refractivity contribution in [2.45, 2.75) is 9.83 Å². The van der Waals surface area contributed by atoms with Crippen molar-refractivity contribution in [3.8, 4) is 5.75 Å². The standard InChI is InChI=1S/C17H21NO4S3/c1-21-16(20)14-10-18(6-7-23-14)15(19)11-22-13-4-2-12(3-5-13)17-24-8-9-25-17/h2-5,14,17H,6-11H2,1H3/t14-/m0/s1. The molecule has 8 heteroatoms. The molecule has 1 aromatic rings. The fourth-order valence-electron chi connectivity index (χ4n) is 2.66. The largest absolute Gasteiger partial charge is 0.484 e. The van der Waals surface area contributed by atoms with E-state index in [4.69, 9.17) is 9.47 Å². The number of methoxy groups -OCH3 is 1. The number of ether oxygens (including phenoxy) is 2. The van der Waals surface area contributed by atoms with Gasteiger partial charge < -0.3 is 14.4 Å². The number of carbonyl (C=O) groups excluding carboxylic acids is 2. The highest BCUT2D eigenvalue weighted by atomic mass is 32.2. The van der Waals surface area contributed by atoms with Gasteiger partial charge in [-0.25, -0.2) is 0 Å². The van der Waals surface area contributed by atoms with Gasteiger partial charge in [-0.1, -0.05) is 12.1 Å². The first-order valence-corrected chi connectivity index (χ1v) is 11.2. The van der Waals surface area contributed by atoms with E-state index in [-0.39, 0.29) is 23.7 Å². The molecule has 2 fully saturated rings. The Balaban J connectivity index is 1.49. The molecule has 2 aliphatic rings. The minimum Gasteiger partial charge on any atom is -0.484 e. The van der Waals surface area contributed by atoms with Gasteiger partial charge in [0.25, 0.3) is 5.91 Å². The minimum absolute atomic E-state index is 0.00909. The van der Waals surface area contributed by atoms with E-state index in [1.165, 1.54) is 35.9 Å². The number of rotatable bonds is 5. The summed E-state index contributed by atoms with van der Waals surface area (Å²) < 4.78 is 10.9. The number of amides is 1. The van der Waals surface area contributed by atoms with Gasteiger partial charge in [-0.2, -0.15) is 0 Å². The normalized spacial score (nSPS) is 21.2. The highest BCUT2D eigenvalue weighted by molar-refractivity contribution is 8.19. The molecular formula is C17H21NO4S3. The molecule has 3 rings (SSSR count). The molecule has 25 heavy (non-hydrogen) atoms. The number of carbonyl (C=O) groups is 2. The number of esters is 1. The van der Waals surface area contributed by atoms with Gasteiger partial charge >= 0.3 is 5.97 Å². The molecule has 0 unspecified atom stereocenters. The Morgan fingerprint density at radius 3 is 2.52 bits per heavy atom. The van der Waals surface area contributed by atoms with Crippen LogP contribution in [0.1, 0.15) is 10.1 Å². The van der Waals surface area contributed by atoms with Crippen LogP contribution in [0.4, 0.5) is 0 Å². The summed E-state index contributed by atoms with van der Waals surface area (Å²) in [5.41, 5.74) is 1.29. The maximum atomic E-state index is 12.3. The summed E-state index contributed by atoms with van der Waals surface area (Å²) >= 11 is 5.46. The molecule has 1 aromatic carbocycles. The Hall–Kier alpha value is -0.990. The topological polar surface area (TPSA) is 55.8 Å². The highest BCUT2D eigenvalue weighted by Crippen LogP contribution is 2.45. The highest BCUT2D eigenvalue weighted by Gasteiger charge is 2.29. The fraction of sp³-hybridized carbons (Fsp3) is 0.529. The monoisotopic (exact) mass is 399 g/mol. The van der Waals surface area contributed by atoms with Crippen molar-refractivity contribution in [2.24, 2.45) is 0 Å². The maximum Gasteiger partial charge on any atom is 0.320 e. The zero-order valence-corrected chi connectivity index (χ0v) is 16.5. The van der Waals surface area contributed by atoms with Crippen LogP contribution in [-0.2, 0) is 14.3 Å². The van der Waals surface area contributed by atoms with Crippen molar-refractivity contribution >= 4 is 47.2 Å². The second kappa shape index (κ2) is 9.09. The molecule has 0 aliphatic carbocycles. The van der Waals surface area contributed by atoms with Crippen LogP contribution in [0.2, 0.25) is 0 Å². The molecule has 2 heterocycles. The van der Waals surface area contributed by atoms with Crippen LogP contribution in [0, 0.1) is 0 Å². The summed E-state index contributed by atoms with van der Waals surface area (Å²) in [6.45, 7) is 1.01. The Labute approximate surface area is 160 Å². The molecule has 0 aromatic heterocycles. The molecule has 0 bridgehead atoms. The summed E-state index contributed by atoms with van der Waals surface area (Å²) in [5.74, 6) is 3.45. The number of hydrogen-bond donors (Lipinski definition) is 0. The summed E-state index contributed by atoms with van der Waals surface area (Å²) in [7, 11) is 1.37. The lowest BCUT2D eigenvalue weighted by Gasteiger charge is -2.30. The molecule has 0 spiro atoms. The first-order valence-electron chi connectivity index (χ1n) is 8.10. The van der Waals surface area contributed by atoms with Gasteiger partial charge in [0.05, 0.1) is 11.7 Å². The Bertz CT molecular complexity index is 604. The van der Waals surface area contributed by atoms with Gasteiger partial charge in [-0.05, 0) is 17.7 Å². The van der Waals surface area contributed by atoms with Gasteiger partial charge in [0.15, 0.2) is 6.61 Å². The summed E-state index contributed by atoms with van der Waals surface area (Å²) in [5, 5.41) is -0.302. The van der Waals surface area contributed by atoms with Crippen molar-refractivity contribution in [2.75, 3.05) is 44.1 Å². The van der Waals surface area contributed by atoms with E-state index in [9.17, 15) is 9.59 Å². The lowest BCUT2D eigenvalue weighted by atomic mass is 10.2. The van der Waals surface area contributed by atoms with Crippen molar-refractivity contribution in [3.05, 3.63) is 29.8 Å². The van der Waals surface area contributed by atoms with Crippen molar-refractivity contribution in [1.82, 2.24) is 4.90 Å². The predicted molar refractivity (Wildman–Crippen MR) is 104 cm³/mol. The van der Waals surface area contributed by atoms with Crippen LogP contribution in [0.5, 0.6) is 5.75 Å². The van der Waals surface area contributed by atoms with Crippen LogP contribution in [0.25, 0.3) is 0 Å². The van der Waals surface area contributed by atoms with Crippen LogP contribution in [0.15, 0.2) is 24.3 Å². The van der Waals surface area contributed by atoms with Crippen molar-refractivity contribution in [3.63, 3.8) is 0 Å². The minimum atomic E-state index is -0.302. The average Bonchev–Trinajstić information content (AvgIpc) is 3.20. The van der Waals surface area contributed by atoms with Gasteiger partial charge in [0.1, 0.15) is 11.0 Å². The molecule has 0 saturated carbocycles. The molecule has 136 valence electrons. The van der Waals surface area contributed by atoms with Gasteiger partial charge in [-0.3, -0.25) is 9.59 Å². The van der Waals surface area contributed by atoms with Gasteiger partial charge in [0.2, 0.25) is 0 Å². The SMILES string of the molecule is COC(=O)[C@@H]1CN(C(=O)COc2ccc(C3SCCS3)cc2)CCS1. The van der Waals surface area contributed by atoms with Crippen LogP contribution < -0.4 is 4.74 Å². The second-order valence-corrected chi connectivity index (χ2v) is 9.69. The van der Waals surface area contributed by atoms with Crippen LogP contribution >= 0.6 is 35.3 Å². The second-order valence-electron chi connectivity index (χ2n) is 5.65. The molecule has 2 aliphatic heterocycles. The van der Waals surface area contributed by atoms with Crippen LogP contribution in [-0.4, -0.2) is 66.1 Å². The maximum absolute atomic E-state index is 12.3. The third-order valence-electron chi connectivity index (χ3n) is 4.02. The Morgan fingerprint density at radius 1 is 1.12 bits per heavy atom. The predicted octanol–water partition coefficient (Wildman–Crippen LogP) is 2.66. The van der Waals surface area contributed by atoms with Gasteiger partial charge in [0, 0.05) is 30.3 Å². The first-order chi connectivity index (χ1) is 12.2. The smallest absolute Gasteiger partial charge is 0.320 e. The zero-order chi connectivity index (χ0) is 17.6. The third kappa shape index (κ3) is 5.01. The molecule has 0 radical (unpaired) electrons. The lowest BCUT2D eigenvalue weighted by Crippen LogP contribution is -2.46. The lowest BCUT2D eigenvalue weighted by molar-refractivity contribution is -0.141. The van der Waals surface area contributed by atoms with Gasteiger partial charge in [-0.15, -0.1) is 35.3 Å². The van der Waals surface area contributed by atoms with E-state index in [1.807, 2.05) is 35.7 Å². The molecular weight excluding hydrogens is 378 g/mol. The number of thioether (sulfide) groups is 3. The van der Waals surface area contributed by atoms with Crippen molar-refractivity contribution < 1.29 is 19.1 Å². The van der Waals surface area contributed by atoms with Crippen molar-refractivity contribution in [1.29, 1.82) is 0 Å². The van der Waals surface area contributed by atoms with Crippen LogP contribution in [0.3, 0.4) is 0 Å². The number of hydrogen-bond acceptors (Lipinski definition) is 7. The quantitative estimate of drug-likeness (QED) is 0.706. The molecule has 5 nitrogen and oxygen atoms in total. The van der Waals surface area contributed by atoms with E-state index < -0.39 is 0 Å². The van der Waals surface area contributed by atoms with E-state index >= 15 is 0 Å². The zero-order valence-electron chi connectivity index (χ0n) is 14.0. The fourth-order valence-corrected chi connectivity index (χ4v) is 6.65. The summed E-state index contributed by atoms with van der Waals surface area (Å²) in [6.07, 6.45) is 0. The third-order valence-corrected chi connectivity index (χ3v) is 8.29.